The average molecular weight is 317 g/mol. The van der Waals surface area contributed by atoms with Crippen molar-refractivity contribution in [2.75, 3.05) is 11.1 Å². The highest BCUT2D eigenvalue weighted by atomic mass is 16.1. The Morgan fingerprint density at radius 2 is 1.67 bits per heavy atom. The molecule has 0 aliphatic carbocycles. The first-order chi connectivity index (χ1) is 11.7. The van der Waals surface area contributed by atoms with Crippen molar-refractivity contribution < 1.29 is 4.79 Å². The molecule has 0 saturated carbocycles. The van der Waals surface area contributed by atoms with Crippen molar-refractivity contribution in [1.29, 1.82) is 0 Å². The largest absolute Gasteiger partial charge is 0.397 e. The number of para-hydroxylation sites is 2. The van der Waals surface area contributed by atoms with E-state index in [0.29, 0.717) is 16.9 Å². The van der Waals surface area contributed by atoms with E-state index < -0.39 is 0 Å². The van der Waals surface area contributed by atoms with Crippen LogP contribution in [-0.4, -0.2) is 10.9 Å². The quantitative estimate of drug-likeness (QED) is 0.705. The molecule has 0 aliphatic heterocycles. The second-order valence-corrected chi connectivity index (χ2v) is 5.60. The Hall–Kier alpha value is -3.14. The maximum absolute atomic E-state index is 12.3. The highest BCUT2D eigenvalue weighted by molar-refractivity contribution is 6.05. The minimum Gasteiger partial charge on any atom is -0.397 e. The number of amides is 1. The number of hydrogen-bond donors (Lipinski definition) is 2. The fourth-order valence-electron chi connectivity index (χ4n) is 2.46. The van der Waals surface area contributed by atoms with E-state index in [0.717, 1.165) is 12.8 Å². The number of carbonyl (C=O) groups excluding carboxylic acids is 1. The molecular weight excluding hydrogens is 298 g/mol. The third-order valence-electron chi connectivity index (χ3n) is 3.85. The number of nitrogens with zero attached hydrogens (tertiary/aromatic N) is 1. The lowest BCUT2D eigenvalue weighted by molar-refractivity contribution is 0.102. The van der Waals surface area contributed by atoms with Gasteiger partial charge in [0.25, 0.3) is 5.91 Å². The van der Waals surface area contributed by atoms with E-state index in [2.05, 4.69) is 16.4 Å². The van der Waals surface area contributed by atoms with Gasteiger partial charge in [-0.25, -0.2) is 0 Å². The highest BCUT2D eigenvalue weighted by Crippen LogP contribution is 2.18. The van der Waals surface area contributed by atoms with Gasteiger partial charge in [-0.15, -0.1) is 0 Å². The SMILES string of the molecule is Nc1ccccc1NC(=O)c1ccc(CCc2cccnc2)cc1. The van der Waals surface area contributed by atoms with Crippen LogP contribution in [0.3, 0.4) is 0 Å². The molecule has 0 aliphatic rings. The molecule has 120 valence electrons. The van der Waals surface area contributed by atoms with Crippen molar-refractivity contribution in [3.05, 3.63) is 89.7 Å². The molecule has 0 radical (unpaired) electrons. The summed E-state index contributed by atoms with van der Waals surface area (Å²) in [5.41, 5.74) is 10.0. The smallest absolute Gasteiger partial charge is 0.255 e. The maximum Gasteiger partial charge on any atom is 0.255 e. The molecule has 1 amide bonds. The zero-order chi connectivity index (χ0) is 16.8. The highest BCUT2D eigenvalue weighted by Gasteiger charge is 2.07. The van der Waals surface area contributed by atoms with Crippen molar-refractivity contribution in [3.63, 3.8) is 0 Å². The Labute approximate surface area is 141 Å². The summed E-state index contributed by atoms with van der Waals surface area (Å²) in [7, 11) is 0. The van der Waals surface area contributed by atoms with Gasteiger partial charge in [0, 0.05) is 18.0 Å². The third-order valence-corrected chi connectivity index (χ3v) is 3.85. The van der Waals surface area contributed by atoms with Gasteiger partial charge in [0.15, 0.2) is 0 Å². The van der Waals surface area contributed by atoms with Crippen molar-refractivity contribution in [3.8, 4) is 0 Å². The monoisotopic (exact) mass is 317 g/mol. The van der Waals surface area contributed by atoms with Gasteiger partial charge in [-0.3, -0.25) is 9.78 Å². The van der Waals surface area contributed by atoms with Crippen molar-refractivity contribution in [2.45, 2.75) is 12.8 Å². The number of nitrogens with two attached hydrogens (primary N) is 1. The summed E-state index contributed by atoms with van der Waals surface area (Å²) in [6.45, 7) is 0. The number of rotatable bonds is 5. The molecule has 1 heterocycles. The molecule has 24 heavy (non-hydrogen) atoms. The Balaban J connectivity index is 1.61. The third kappa shape index (κ3) is 3.98. The summed E-state index contributed by atoms with van der Waals surface area (Å²) < 4.78 is 0. The molecule has 4 heteroatoms. The van der Waals surface area contributed by atoms with Crippen LogP contribution in [0.25, 0.3) is 0 Å². The molecule has 2 aromatic carbocycles. The van der Waals surface area contributed by atoms with Crippen LogP contribution in [0.1, 0.15) is 21.5 Å². The van der Waals surface area contributed by atoms with Crippen LogP contribution >= 0.6 is 0 Å². The van der Waals surface area contributed by atoms with Gasteiger partial charge in [-0.05, 0) is 54.3 Å². The molecule has 0 spiro atoms. The normalized spacial score (nSPS) is 10.3. The van der Waals surface area contributed by atoms with Gasteiger partial charge in [0.05, 0.1) is 11.4 Å². The van der Waals surface area contributed by atoms with Crippen LogP contribution in [-0.2, 0) is 12.8 Å². The second-order valence-electron chi connectivity index (χ2n) is 5.60. The minimum absolute atomic E-state index is 0.160. The van der Waals surface area contributed by atoms with Crippen LogP contribution in [0.2, 0.25) is 0 Å². The molecule has 0 bridgehead atoms. The Bertz CT molecular complexity index is 814. The fourth-order valence-corrected chi connectivity index (χ4v) is 2.46. The second kappa shape index (κ2) is 7.42. The zero-order valence-electron chi connectivity index (χ0n) is 13.3. The first kappa shape index (κ1) is 15.7. The Kier molecular flexibility index (Phi) is 4.87. The van der Waals surface area contributed by atoms with Crippen molar-refractivity contribution in [2.24, 2.45) is 0 Å². The number of aromatic nitrogens is 1. The molecule has 3 N–H and O–H groups in total. The number of pyridine rings is 1. The summed E-state index contributed by atoms with van der Waals surface area (Å²) in [6.07, 6.45) is 5.50. The van der Waals surface area contributed by atoms with E-state index in [1.54, 1.807) is 18.3 Å². The number of nitrogens with one attached hydrogen (secondary N) is 1. The van der Waals surface area contributed by atoms with Crippen LogP contribution in [0.15, 0.2) is 73.1 Å². The van der Waals surface area contributed by atoms with Crippen LogP contribution in [0.5, 0.6) is 0 Å². The van der Waals surface area contributed by atoms with Crippen LogP contribution in [0, 0.1) is 0 Å². The van der Waals surface area contributed by atoms with Gasteiger partial charge < -0.3 is 11.1 Å². The summed E-state index contributed by atoms with van der Waals surface area (Å²) in [4.78, 5) is 16.4. The summed E-state index contributed by atoms with van der Waals surface area (Å²) in [6, 6.07) is 18.9. The molecule has 3 rings (SSSR count). The van der Waals surface area contributed by atoms with E-state index >= 15 is 0 Å². The first-order valence-electron chi connectivity index (χ1n) is 7.86. The van der Waals surface area contributed by atoms with Crippen LogP contribution < -0.4 is 11.1 Å². The van der Waals surface area contributed by atoms with Crippen molar-refractivity contribution >= 4 is 17.3 Å². The van der Waals surface area contributed by atoms with E-state index in [1.807, 2.05) is 48.7 Å². The number of anilines is 2. The Morgan fingerprint density at radius 3 is 2.38 bits per heavy atom. The zero-order valence-corrected chi connectivity index (χ0v) is 13.3. The fraction of sp³-hybridized carbons (Fsp3) is 0.100. The number of aryl methyl sites for hydroxylation is 2. The van der Waals surface area contributed by atoms with Gasteiger partial charge in [-0.1, -0.05) is 30.3 Å². The topological polar surface area (TPSA) is 68.0 Å². The molecule has 1 aromatic heterocycles. The lowest BCUT2D eigenvalue weighted by Gasteiger charge is -2.08. The van der Waals surface area contributed by atoms with Gasteiger partial charge in [-0.2, -0.15) is 0 Å². The summed E-state index contributed by atoms with van der Waals surface area (Å²) in [5, 5.41) is 2.83. The minimum atomic E-state index is -0.160. The molecular formula is C20H19N3O. The van der Waals surface area contributed by atoms with E-state index in [4.69, 9.17) is 5.73 Å². The lowest BCUT2D eigenvalue weighted by atomic mass is 10.0. The van der Waals surface area contributed by atoms with Crippen molar-refractivity contribution in [1.82, 2.24) is 4.98 Å². The van der Waals surface area contributed by atoms with Gasteiger partial charge in [0.2, 0.25) is 0 Å². The van der Waals surface area contributed by atoms with E-state index in [1.165, 1.54) is 11.1 Å². The molecule has 4 nitrogen and oxygen atoms in total. The first-order valence-corrected chi connectivity index (χ1v) is 7.86. The molecule has 0 fully saturated rings. The predicted octanol–water partition coefficient (Wildman–Crippen LogP) is 3.70. The maximum atomic E-state index is 12.3. The summed E-state index contributed by atoms with van der Waals surface area (Å²) in [5.74, 6) is -0.160. The van der Waals surface area contributed by atoms with E-state index in [-0.39, 0.29) is 5.91 Å². The van der Waals surface area contributed by atoms with E-state index in [9.17, 15) is 4.79 Å². The predicted molar refractivity (Wildman–Crippen MR) is 96.9 cm³/mol. The van der Waals surface area contributed by atoms with Gasteiger partial charge in [0.1, 0.15) is 0 Å². The number of carbonyl (C=O) groups is 1. The standard InChI is InChI=1S/C20H19N3O/c21-18-5-1-2-6-19(18)23-20(24)17-11-9-15(10-12-17)7-8-16-4-3-13-22-14-16/h1-6,9-14H,7-8,21H2,(H,23,24). The average Bonchev–Trinajstić information content (AvgIpc) is 2.63. The molecule has 0 atom stereocenters. The lowest BCUT2D eigenvalue weighted by Crippen LogP contribution is -2.13. The van der Waals surface area contributed by atoms with Gasteiger partial charge >= 0.3 is 0 Å². The number of hydrogen-bond acceptors (Lipinski definition) is 3. The van der Waals surface area contributed by atoms with Crippen LogP contribution in [0.4, 0.5) is 11.4 Å². The number of nitrogen functional groups attached to an aromatic ring is 1. The Morgan fingerprint density at radius 1 is 0.917 bits per heavy atom. The molecule has 3 aromatic rings. The molecule has 0 unspecified atom stereocenters. The summed E-state index contributed by atoms with van der Waals surface area (Å²) >= 11 is 0. The number of benzene rings is 2. The molecule has 0 saturated heterocycles.